The van der Waals surface area contributed by atoms with Crippen LogP contribution >= 0.6 is 0 Å². The summed E-state index contributed by atoms with van der Waals surface area (Å²) in [5.74, 6) is 2.02. The number of nitrogens with zero attached hydrogens (tertiary/aromatic N) is 4. The molecule has 0 atom stereocenters. The highest BCUT2D eigenvalue weighted by atomic mass is 16.5. The Kier molecular flexibility index (Phi) is 4.80. The molecule has 1 aliphatic rings. The Morgan fingerprint density at radius 3 is 2.58 bits per heavy atom. The summed E-state index contributed by atoms with van der Waals surface area (Å²) >= 11 is 0. The number of rotatable bonds is 5. The quantitative estimate of drug-likeness (QED) is 0.708. The highest BCUT2D eigenvalue weighted by Gasteiger charge is 2.18. The van der Waals surface area contributed by atoms with Crippen LogP contribution in [-0.4, -0.2) is 54.3 Å². The summed E-state index contributed by atoms with van der Waals surface area (Å²) in [5.41, 5.74) is 3.58. The van der Waals surface area contributed by atoms with Crippen molar-refractivity contribution in [1.82, 2.24) is 14.5 Å². The first-order valence-electron chi connectivity index (χ1n) is 9.28. The summed E-state index contributed by atoms with van der Waals surface area (Å²) in [6.45, 7) is 8.43. The first kappa shape index (κ1) is 16.9. The van der Waals surface area contributed by atoms with Crippen molar-refractivity contribution in [3.8, 4) is 5.75 Å². The topological polar surface area (TPSA) is 33.5 Å². The zero-order valence-corrected chi connectivity index (χ0v) is 15.6. The van der Waals surface area contributed by atoms with Gasteiger partial charge >= 0.3 is 0 Å². The number of imidazole rings is 1. The van der Waals surface area contributed by atoms with E-state index in [1.54, 1.807) is 7.11 Å². The number of hydrogen-bond acceptors (Lipinski definition) is 4. The molecule has 0 saturated carbocycles. The minimum atomic E-state index is 0.924. The fourth-order valence-corrected chi connectivity index (χ4v) is 3.76. The second-order valence-electron chi connectivity index (χ2n) is 6.83. The molecule has 1 aliphatic heterocycles. The summed E-state index contributed by atoms with van der Waals surface area (Å²) in [7, 11) is 1.72. The number of aromatic nitrogens is 2. The molecule has 2 aromatic carbocycles. The lowest BCUT2D eigenvalue weighted by molar-refractivity contribution is 0.248. The standard InChI is InChI=1S/C21H26N4O/c1-17-22-20-8-3-4-9-21(20)25(17)15-12-23-10-13-24(14-11-23)18-6-5-7-19(16-18)26-2/h3-9,16H,10-15H2,1-2H3. The lowest BCUT2D eigenvalue weighted by atomic mass is 10.2. The number of piperazine rings is 1. The smallest absolute Gasteiger partial charge is 0.120 e. The van der Waals surface area contributed by atoms with Crippen LogP contribution in [0.2, 0.25) is 0 Å². The van der Waals surface area contributed by atoms with E-state index in [-0.39, 0.29) is 0 Å². The van der Waals surface area contributed by atoms with Gasteiger partial charge in [-0.15, -0.1) is 0 Å². The van der Waals surface area contributed by atoms with E-state index in [2.05, 4.69) is 68.7 Å². The number of hydrogen-bond donors (Lipinski definition) is 0. The maximum absolute atomic E-state index is 5.35. The van der Waals surface area contributed by atoms with Crippen LogP contribution in [-0.2, 0) is 6.54 Å². The maximum Gasteiger partial charge on any atom is 0.120 e. The normalized spacial score (nSPS) is 15.5. The summed E-state index contributed by atoms with van der Waals surface area (Å²) in [6, 6.07) is 16.7. The average molecular weight is 350 g/mol. The van der Waals surface area contributed by atoms with Gasteiger partial charge in [-0.2, -0.15) is 0 Å². The van der Waals surface area contributed by atoms with Crippen molar-refractivity contribution in [3.05, 3.63) is 54.4 Å². The Hall–Kier alpha value is -2.53. The lowest BCUT2D eigenvalue weighted by Crippen LogP contribution is -2.47. The molecule has 0 bridgehead atoms. The third-order valence-corrected chi connectivity index (χ3v) is 5.28. The predicted octanol–water partition coefficient (Wildman–Crippen LogP) is 3.18. The van der Waals surface area contributed by atoms with Gasteiger partial charge < -0.3 is 14.2 Å². The van der Waals surface area contributed by atoms with E-state index >= 15 is 0 Å². The Balaban J connectivity index is 1.36. The van der Waals surface area contributed by atoms with E-state index in [0.717, 1.165) is 56.4 Å². The highest BCUT2D eigenvalue weighted by Crippen LogP contribution is 2.22. The van der Waals surface area contributed by atoms with Gasteiger partial charge in [-0.25, -0.2) is 4.98 Å². The van der Waals surface area contributed by atoms with Crippen LogP contribution in [0.15, 0.2) is 48.5 Å². The van der Waals surface area contributed by atoms with E-state index in [1.807, 2.05) is 6.07 Å². The number of benzene rings is 2. The molecule has 1 fully saturated rings. The Morgan fingerprint density at radius 1 is 0.962 bits per heavy atom. The Labute approximate surface area is 154 Å². The van der Waals surface area contributed by atoms with Crippen LogP contribution in [0.5, 0.6) is 5.75 Å². The molecule has 26 heavy (non-hydrogen) atoms. The molecule has 2 heterocycles. The molecule has 5 heteroatoms. The molecule has 0 radical (unpaired) electrons. The van der Waals surface area contributed by atoms with E-state index in [9.17, 15) is 0 Å². The lowest BCUT2D eigenvalue weighted by Gasteiger charge is -2.36. The van der Waals surface area contributed by atoms with Gasteiger partial charge in [0.25, 0.3) is 0 Å². The second-order valence-corrected chi connectivity index (χ2v) is 6.83. The number of anilines is 1. The third kappa shape index (κ3) is 3.40. The van der Waals surface area contributed by atoms with E-state index in [0.29, 0.717) is 0 Å². The zero-order chi connectivity index (χ0) is 17.9. The number of aryl methyl sites for hydroxylation is 1. The molecule has 1 saturated heterocycles. The van der Waals surface area contributed by atoms with Gasteiger partial charge in [-0.05, 0) is 31.2 Å². The number of para-hydroxylation sites is 2. The first-order valence-corrected chi connectivity index (χ1v) is 9.28. The van der Waals surface area contributed by atoms with Crippen molar-refractivity contribution >= 4 is 16.7 Å². The monoisotopic (exact) mass is 350 g/mol. The number of fused-ring (bicyclic) bond motifs is 1. The van der Waals surface area contributed by atoms with Crippen molar-refractivity contribution in [2.45, 2.75) is 13.5 Å². The summed E-state index contributed by atoms with van der Waals surface area (Å²) in [6.07, 6.45) is 0. The molecule has 3 aromatic rings. The van der Waals surface area contributed by atoms with Gasteiger partial charge in [-0.3, -0.25) is 4.90 Å². The molecule has 136 valence electrons. The number of ether oxygens (including phenoxy) is 1. The summed E-state index contributed by atoms with van der Waals surface area (Å²) in [4.78, 5) is 9.66. The molecular formula is C21H26N4O. The van der Waals surface area contributed by atoms with Crippen LogP contribution < -0.4 is 9.64 Å². The fourth-order valence-electron chi connectivity index (χ4n) is 3.76. The fraction of sp³-hybridized carbons (Fsp3) is 0.381. The van der Waals surface area contributed by atoms with Crippen molar-refractivity contribution in [2.24, 2.45) is 0 Å². The highest BCUT2D eigenvalue weighted by molar-refractivity contribution is 5.75. The van der Waals surface area contributed by atoms with E-state index in [1.165, 1.54) is 11.2 Å². The molecule has 0 aliphatic carbocycles. The van der Waals surface area contributed by atoms with Crippen molar-refractivity contribution in [3.63, 3.8) is 0 Å². The molecule has 4 rings (SSSR count). The van der Waals surface area contributed by atoms with Crippen LogP contribution in [0.4, 0.5) is 5.69 Å². The average Bonchev–Trinajstić information content (AvgIpc) is 3.02. The van der Waals surface area contributed by atoms with Crippen LogP contribution in [0, 0.1) is 6.92 Å². The van der Waals surface area contributed by atoms with Gasteiger partial charge in [-0.1, -0.05) is 18.2 Å². The predicted molar refractivity (Wildman–Crippen MR) is 106 cm³/mol. The van der Waals surface area contributed by atoms with Crippen molar-refractivity contribution in [1.29, 1.82) is 0 Å². The van der Waals surface area contributed by atoms with E-state index < -0.39 is 0 Å². The zero-order valence-electron chi connectivity index (χ0n) is 15.6. The minimum absolute atomic E-state index is 0.924. The van der Waals surface area contributed by atoms with Crippen LogP contribution in [0.1, 0.15) is 5.82 Å². The molecular weight excluding hydrogens is 324 g/mol. The molecule has 0 N–H and O–H groups in total. The first-order chi connectivity index (χ1) is 12.7. The molecule has 0 unspecified atom stereocenters. The van der Waals surface area contributed by atoms with Gasteiger partial charge in [0.15, 0.2) is 0 Å². The van der Waals surface area contributed by atoms with E-state index in [4.69, 9.17) is 4.74 Å². The maximum atomic E-state index is 5.35. The van der Waals surface area contributed by atoms with Gasteiger partial charge in [0.1, 0.15) is 11.6 Å². The largest absolute Gasteiger partial charge is 0.497 e. The Bertz CT molecular complexity index is 881. The van der Waals surface area contributed by atoms with Crippen molar-refractivity contribution < 1.29 is 4.74 Å². The van der Waals surface area contributed by atoms with Gasteiger partial charge in [0, 0.05) is 51.0 Å². The van der Waals surface area contributed by atoms with Crippen LogP contribution in [0.3, 0.4) is 0 Å². The number of methoxy groups -OCH3 is 1. The minimum Gasteiger partial charge on any atom is -0.497 e. The Morgan fingerprint density at radius 2 is 1.77 bits per heavy atom. The van der Waals surface area contributed by atoms with Gasteiger partial charge in [0.2, 0.25) is 0 Å². The molecule has 0 amide bonds. The van der Waals surface area contributed by atoms with Crippen LogP contribution in [0.25, 0.3) is 11.0 Å². The summed E-state index contributed by atoms with van der Waals surface area (Å²) < 4.78 is 7.68. The molecule has 1 aromatic heterocycles. The molecule has 5 nitrogen and oxygen atoms in total. The summed E-state index contributed by atoms with van der Waals surface area (Å²) in [5, 5.41) is 0. The second kappa shape index (κ2) is 7.38. The SMILES string of the molecule is COc1cccc(N2CCN(CCn3c(C)nc4ccccc43)CC2)c1. The third-order valence-electron chi connectivity index (χ3n) is 5.28. The van der Waals surface area contributed by atoms with Crippen molar-refractivity contribution in [2.75, 3.05) is 44.7 Å². The molecule has 0 spiro atoms. The van der Waals surface area contributed by atoms with Gasteiger partial charge in [0.05, 0.1) is 18.1 Å².